The maximum absolute atomic E-state index is 13.2. The van der Waals surface area contributed by atoms with Crippen LogP contribution in [0.4, 0.5) is 4.39 Å². The van der Waals surface area contributed by atoms with Gasteiger partial charge in [-0.1, -0.05) is 30.3 Å². The van der Waals surface area contributed by atoms with Crippen LogP contribution in [-0.4, -0.2) is 26.5 Å². The molecule has 0 amide bonds. The molecular weight excluding hydrogens is 349 g/mol. The van der Waals surface area contributed by atoms with Crippen LogP contribution in [0.5, 0.6) is 0 Å². The van der Waals surface area contributed by atoms with Crippen molar-refractivity contribution >= 4 is 28.4 Å². The number of carboxylic acid groups (broad SMARTS) is 1. The molecule has 2 aromatic carbocycles. The standard InChI is InChI=1S/C21H16FNO4/c22-13-7-5-12(6-8-13)11-23-17-4-2-1-3-14(17)15-9-10-16(19(24)18(15)23)20(25)21(26)27/h1-8,24H,9-11H2,(H,26,27). The third kappa shape index (κ3) is 2.79. The van der Waals surface area contributed by atoms with Crippen molar-refractivity contribution in [2.75, 3.05) is 0 Å². The van der Waals surface area contributed by atoms with Crippen molar-refractivity contribution in [2.45, 2.75) is 19.4 Å². The number of para-hydroxylation sites is 1. The number of carbonyl (C=O) groups is 2. The zero-order chi connectivity index (χ0) is 19.1. The minimum Gasteiger partial charge on any atom is -0.505 e. The molecule has 0 fully saturated rings. The first-order chi connectivity index (χ1) is 13.0. The monoisotopic (exact) mass is 365 g/mol. The van der Waals surface area contributed by atoms with Crippen molar-refractivity contribution in [1.82, 2.24) is 4.57 Å². The van der Waals surface area contributed by atoms with Crippen molar-refractivity contribution in [2.24, 2.45) is 0 Å². The number of hydrogen-bond acceptors (Lipinski definition) is 3. The average molecular weight is 365 g/mol. The number of Topliss-reactive ketones (excluding diaryl/α,β-unsaturated/α-hetero) is 1. The van der Waals surface area contributed by atoms with E-state index in [0.717, 1.165) is 22.0 Å². The van der Waals surface area contributed by atoms with Crippen LogP contribution < -0.4 is 0 Å². The Hall–Kier alpha value is -3.41. The van der Waals surface area contributed by atoms with Gasteiger partial charge in [-0.3, -0.25) is 4.79 Å². The lowest BCUT2D eigenvalue weighted by Gasteiger charge is -2.18. The molecule has 0 bridgehead atoms. The molecular formula is C21H16FNO4. The first kappa shape index (κ1) is 17.0. The number of carboxylic acids is 1. The summed E-state index contributed by atoms with van der Waals surface area (Å²) in [5, 5.41) is 20.7. The Morgan fingerprint density at radius 1 is 1.04 bits per heavy atom. The van der Waals surface area contributed by atoms with E-state index in [2.05, 4.69) is 0 Å². The van der Waals surface area contributed by atoms with Gasteiger partial charge in [-0.15, -0.1) is 0 Å². The van der Waals surface area contributed by atoms with E-state index in [1.54, 1.807) is 12.1 Å². The highest BCUT2D eigenvalue weighted by molar-refractivity contribution is 6.41. The molecule has 0 spiro atoms. The second-order valence-electron chi connectivity index (χ2n) is 6.52. The van der Waals surface area contributed by atoms with Gasteiger partial charge in [0.2, 0.25) is 0 Å². The van der Waals surface area contributed by atoms with Crippen LogP contribution in [0.25, 0.3) is 16.7 Å². The minimum atomic E-state index is -1.58. The first-order valence-corrected chi connectivity index (χ1v) is 8.52. The summed E-state index contributed by atoms with van der Waals surface area (Å²) < 4.78 is 15.1. The lowest BCUT2D eigenvalue weighted by atomic mass is 9.91. The van der Waals surface area contributed by atoms with Gasteiger partial charge in [0.1, 0.15) is 11.6 Å². The zero-order valence-electron chi connectivity index (χ0n) is 14.3. The fraction of sp³-hybridized carbons (Fsp3) is 0.143. The Balaban J connectivity index is 1.93. The SMILES string of the molecule is O=C(O)C(=O)C1=C(O)c2c(c3ccccc3n2Cc2ccc(F)cc2)CC1. The molecule has 6 heteroatoms. The summed E-state index contributed by atoms with van der Waals surface area (Å²) in [5.41, 5.74) is 2.94. The fourth-order valence-corrected chi connectivity index (χ4v) is 3.70. The number of nitrogens with zero attached hydrogens (tertiary/aromatic N) is 1. The Bertz CT molecular complexity index is 1110. The number of rotatable bonds is 4. The van der Waals surface area contributed by atoms with Gasteiger partial charge in [0.15, 0.2) is 0 Å². The molecule has 0 unspecified atom stereocenters. The van der Waals surface area contributed by atoms with Crippen molar-refractivity contribution in [1.29, 1.82) is 0 Å². The summed E-state index contributed by atoms with van der Waals surface area (Å²) in [6.45, 7) is 0.356. The molecule has 3 aromatic rings. The van der Waals surface area contributed by atoms with Crippen LogP contribution in [0, 0.1) is 5.82 Å². The molecule has 136 valence electrons. The highest BCUT2D eigenvalue weighted by Crippen LogP contribution is 2.37. The number of carbonyl (C=O) groups excluding carboxylic acids is 1. The largest absolute Gasteiger partial charge is 0.505 e. The van der Waals surface area contributed by atoms with Crippen LogP contribution >= 0.6 is 0 Å². The second kappa shape index (κ2) is 6.39. The number of hydrogen-bond donors (Lipinski definition) is 2. The quantitative estimate of drug-likeness (QED) is 0.691. The molecule has 2 N–H and O–H groups in total. The molecule has 0 atom stereocenters. The van der Waals surface area contributed by atoms with E-state index < -0.39 is 11.8 Å². The van der Waals surface area contributed by atoms with Gasteiger partial charge >= 0.3 is 5.97 Å². The van der Waals surface area contributed by atoms with Gasteiger partial charge in [0.05, 0.1) is 11.3 Å². The van der Waals surface area contributed by atoms with Gasteiger partial charge in [-0.2, -0.15) is 0 Å². The van der Waals surface area contributed by atoms with Gasteiger partial charge < -0.3 is 14.8 Å². The normalized spacial score (nSPS) is 13.7. The predicted octanol–water partition coefficient (Wildman–Crippen LogP) is 3.70. The van der Waals surface area contributed by atoms with Crippen molar-refractivity contribution < 1.29 is 24.2 Å². The Kier molecular flexibility index (Phi) is 4.03. The van der Waals surface area contributed by atoms with E-state index in [1.807, 2.05) is 28.8 Å². The van der Waals surface area contributed by atoms with E-state index in [-0.39, 0.29) is 23.6 Å². The molecule has 4 rings (SSSR count). The number of aromatic nitrogens is 1. The predicted molar refractivity (Wildman–Crippen MR) is 98.0 cm³/mol. The first-order valence-electron chi connectivity index (χ1n) is 8.52. The van der Waals surface area contributed by atoms with E-state index in [9.17, 15) is 19.1 Å². The molecule has 0 saturated carbocycles. The van der Waals surface area contributed by atoms with Crippen LogP contribution in [0.1, 0.15) is 23.2 Å². The van der Waals surface area contributed by atoms with Gasteiger partial charge in [0, 0.05) is 17.4 Å². The molecule has 5 nitrogen and oxygen atoms in total. The molecule has 27 heavy (non-hydrogen) atoms. The average Bonchev–Trinajstić information content (AvgIpc) is 2.98. The maximum Gasteiger partial charge on any atom is 0.377 e. The van der Waals surface area contributed by atoms with Crippen LogP contribution in [0.3, 0.4) is 0 Å². The summed E-state index contributed by atoms with van der Waals surface area (Å²) in [5.74, 6) is -3.30. The summed E-state index contributed by atoms with van der Waals surface area (Å²) >= 11 is 0. The van der Waals surface area contributed by atoms with E-state index in [1.165, 1.54) is 12.1 Å². The smallest absolute Gasteiger partial charge is 0.377 e. The van der Waals surface area contributed by atoms with Crippen molar-refractivity contribution in [3.8, 4) is 0 Å². The number of aliphatic hydroxyl groups is 1. The van der Waals surface area contributed by atoms with E-state index >= 15 is 0 Å². The Morgan fingerprint density at radius 3 is 2.44 bits per heavy atom. The molecule has 0 radical (unpaired) electrons. The van der Waals surface area contributed by atoms with E-state index in [0.29, 0.717) is 18.7 Å². The number of fused-ring (bicyclic) bond motifs is 3. The zero-order valence-corrected chi connectivity index (χ0v) is 14.3. The Labute approximate surface area is 154 Å². The van der Waals surface area contributed by atoms with Gasteiger partial charge in [-0.25, -0.2) is 9.18 Å². The molecule has 0 aliphatic heterocycles. The van der Waals surface area contributed by atoms with Crippen molar-refractivity contribution in [3.63, 3.8) is 0 Å². The number of benzene rings is 2. The number of aliphatic hydroxyl groups excluding tert-OH is 1. The number of aryl methyl sites for hydroxylation is 1. The van der Waals surface area contributed by atoms with Crippen LogP contribution in [0.2, 0.25) is 0 Å². The maximum atomic E-state index is 13.2. The van der Waals surface area contributed by atoms with E-state index in [4.69, 9.17) is 5.11 Å². The number of halogens is 1. The molecule has 1 aliphatic carbocycles. The summed E-state index contributed by atoms with van der Waals surface area (Å²) in [6.07, 6.45) is 0.638. The minimum absolute atomic E-state index is 0.0850. The van der Waals surface area contributed by atoms with Crippen LogP contribution in [-0.2, 0) is 22.6 Å². The van der Waals surface area contributed by atoms with Crippen molar-refractivity contribution in [3.05, 3.63) is 76.7 Å². The van der Waals surface area contributed by atoms with Gasteiger partial charge in [0.25, 0.3) is 5.78 Å². The summed E-state index contributed by atoms with van der Waals surface area (Å²) in [4.78, 5) is 23.1. The number of ketones is 1. The lowest BCUT2D eigenvalue weighted by molar-refractivity contribution is -0.147. The summed E-state index contributed by atoms with van der Waals surface area (Å²) in [6, 6.07) is 13.6. The third-order valence-corrected chi connectivity index (χ3v) is 4.93. The molecule has 1 aliphatic rings. The molecule has 1 heterocycles. The topological polar surface area (TPSA) is 79.5 Å². The highest BCUT2D eigenvalue weighted by Gasteiger charge is 2.31. The highest BCUT2D eigenvalue weighted by atomic mass is 19.1. The third-order valence-electron chi connectivity index (χ3n) is 4.93. The summed E-state index contributed by atoms with van der Waals surface area (Å²) in [7, 11) is 0. The van der Waals surface area contributed by atoms with Crippen LogP contribution in [0.15, 0.2) is 54.1 Å². The lowest BCUT2D eigenvalue weighted by Crippen LogP contribution is -2.21. The molecule has 1 aromatic heterocycles. The van der Waals surface area contributed by atoms with Gasteiger partial charge in [-0.05, 0) is 42.2 Å². The Morgan fingerprint density at radius 2 is 1.74 bits per heavy atom. The second-order valence-corrected chi connectivity index (χ2v) is 6.52. The molecule has 0 saturated heterocycles. The fourth-order valence-electron chi connectivity index (χ4n) is 3.70. The number of aliphatic carboxylic acids is 1.